The summed E-state index contributed by atoms with van der Waals surface area (Å²) in [5, 5.41) is 4.92. The third-order valence-corrected chi connectivity index (χ3v) is 7.67. The molecule has 2 nitrogen and oxygen atoms in total. The molecule has 0 bridgehead atoms. The fourth-order valence-electron chi connectivity index (χ4n) is 4.82. The van der Waals surface area contributed by atoms with E-state index in [9.17, 15) is 0 Å². The maximum atomic E-state index is 6.25. The van der Waals surface area contributed by atoms with E-state index in [-0.39, 0.29) is 18.3 Å². The SMILES string of the molecule is CC1(C)OB(c2ccc3cc(-c4cccc(-c5ccc6ccccc6c5)c4)ccc3c2)OC1(C)C. The molecule has 0 saturated carbocycles. The highest BCUT2D eigenvalue weighted by Gasteiger charge is 2.51. The van der Waals surface area contributed by atoms with Crippen LogP contribution in [0.2, 0.25) is 0 Å². The van der Waals surface area contributed by atoms with Crippen LogP contribution in [0.1, 0.15) is 27.7 Å². The average molecular weight is 456 g/mol. The predicted molar refractivity (Wildman–Crippen MR) is 148 cm³/mol. The molecule has 0 N–H and O–H groups in total. The van der Waals surface area contributed by atoms with Crippen LogP contribution in [0.15, 0.2) is 103 Å². The summed E-state index contributed by atoms with van der Waals surface area (Å²) in [6.07, 6.45) is 0. The summed E-state index contributed by atoms with van der Waals surface area (Å²) in [7, 11) is -0.345. The van der Waals surface area contributed by atoms with E-state index >= 15 is 0 Å². The first kappa shape index (κ1) is 22.1. The van der Waals surface area contributed by atoms with Gasteiger partial charge in [0.2, 0.25) is 0 Å². The smallest absolute Gasteiger partial charge is 0.399 e. The van der Waals surface area contributed by atoms with Gasteiger partial charge in [0.05, 0.1) is 11.2 Å². The quantitative estimate of drug-likeness (QED) is 0.260. The van der Waals surface area contributed by atoms with Gasteiger partial charge in [-0.3, -0.25) is 0 Å². The zero-order chi connectivity index (χ0) is 24.2. The lowest BCUT2D eigenvalue weighted by molar-refractivity contribution is 0.00578. The van der Waals surface area contributed by atoms with Crippen LogP contribution in [0.4, 0.5) is 0 Å². The second-order valence-electron chi connectivity index (χ2n) is 10.6. The van der Waals surface area contributed by atoms with E-state index in [2.05, 4.69) is 131 Å². The summed E-state index contributed by atoms with van der Waals surface area (Å²) in [5.41, 5.74) is 5.26. The Morgan fingerprint density at radius 1 is 0.457 bits per heavy atom. The molecular weight excluding hydrogens is 427 g/mol. The molecule has 6 rings (SSSR count). The van der Waals surface area contributed by atoms with Crippen molar-refractivity contribution in [2.75, 3.05) is 0 Å². The molecule has 5 aromatic rings. The minimum Gasteiger partial charge on any atom is -0.399 e. The van der Waals surface area contributed by atoms with E-state index < -0.39 is 0 Å². The lowest BCUT2D eigenvalue weighted by Gasteiger charge is -2.32. The van der Waals surface area contributed by atoms with Crippen LogP contribution < -0.4 is 5.46 Å². The molecule has 0 spiro atoms. The van der Waals surface area contributed by atoms with Crippen molar-refractivity contribution in [2.45, 2.75) is 38.9 Å². The van der Waals surface area contributed by atoms with Gasteiger partial charge < -0.3 is 9.31 Å². The summed E-state index contributed by atoms with van der Waals surface area (Å²) in [5.74, 6) is 0. The van der Waals surface area contributed by atoms with Crippen LogP contribution in [0, 0.1) is 0 Å². The van der Waals surface area contributed by atoms with Crippen LogP contribution in [0.25, 0.3) is 43.8 Å². The standard InChI is InChI=1S/C32H29BO2/c1-31(2)32(3,4)35-33(34-31)30-17-16-28-20-27(14-15-29(28)21-30)25-11-7-10-24(19-25)26-13-12-22-8-5-6-9-23(22)18-26/h5-21H,1-4H3. The lowest BCUT2D eigenvalue weighted by atomic mass is 9.78. The molecule has 1 heterocycles. The normalized spacial score (nSPS) is 16.7. The van der Waals surface area contributed by atoms with Gasteiger partial charge in [0, 0.05) is 0 Å². The number of hydrogen-bond donors (Lipinski definition) is 0. The van der Waals surface area contributed by atoms with E-state index in [1.165, 1.54) is 43.8 Å². The molecule has 3 heteroatoms. The molecule has 172 valence electrons. The van der Waals surface area contributed by atoms with Gasteiger partial charge in [0.15, 0.2) is 0 Å². The first-order valence-corrected chi connectivity index (χ1v) is 12.3. The van der Waals surface area contributed by atoms with Gasteiger partial charge in [-0.05, 0) is 95.2 Å². The van der Waals surface area contributed by atoms with E-state index in [4.69, 9.17) is 9.31 Å². The van der Waals surface area contributed by atoms with Crippen LogP contribution in [0.5, 0.6) is 0 Å². The molecule has 0 aromatic heterocycles. The monoisotopic (exact) mass is 456 g/mol. The van der Waals surface area contributed by atoms with E-state index in [1.54, 1.807) is 0 Å². The van der Waals surface area contributed by atoms with Crippen molar-refractivity contribution in [1.29, 1.82) is 0 Å². The zero-order valence-electron chi connectivity index (χ0n) is 20.7. The van der Waals surface area contributed by atoms with Gasteiger partial charge in [-0.1, -0.05) is 84.9 Å². The van der Waals surface area contributed by atoms with Crippen LogP contribution in [-0.4, -0.2) is 18.3 Å². The number of fused-ring (bicyclic) bond motifs is 2. The Labute approximate surface area is 207 Å². The molecule has 5 aromatic carbocycles. The maximum Gasteiger partial charge on any atom is 0.494 e. The molecule has 1 saturated heterocycles. The summed E-state index contributed by atoms with van der Waals surface area (Å²) < 4.78 is 12.5. The van der Waals surface area contributed by atoms with Crippen LogP contribution in [0.3, 0.4) is 0 Å². The van der Waals surface area contributed by atoms with E-state index in [0.29, 0.717) is 0 Å². The second-order valence-corrected chi connectivity index (χ2v) is 10.6. The fourth-order valence-corrected chi connectivity index (χ4v) is 4.82. The van der Waals surface area contributed by atoms with Gasteiger partial charge in [0.25, 0.3) is 0 Å². The Bertz CT molecular complexity index is 1550. The summed E-state index contributed by atoms with van der Waals surface area (Å²) in [6, 6.07) is 37.1. The Morgan fingerprint density at radius 3 is 1.60 bits per heavy atom. The van der Waals surface area contributed by atoms with Crippen LogP contribution >= 0.6 is 0 Å². The molecule has 0 aliphatic carbocycles. The molecule has 0 amide bonds. The van der Waals surface area contributed by atoms with Crippen molar-refractivity contribution < 1.29 is 9.31 Å². The number of benzene rings is 5. The van der Waals surface area contributed by atoms with Crippen molar-refractivity contribution in [3.63, 3.8) is 0 Å². The molecular formula is C32H29BO2. The number of hydrogen-bond acceptors (Lipinski definition) is 2. The molecule has 0 atom stereocenters. The fraction of sp³-hybridized carbons (Fsp3) is 0.188. The molecule has 35 heavy (non-hydrogen) atoms. The third kappa shape index (κ3) is 3.95. The molecule has 1 aliphatic rings. The summed E-state index contributed by atoms with van der Waals surface area (Å²) >= 11 is 0. The highest BCUT2D eigenvalue weighted by molar-refractivity contribution is 6.62. The summed E-state index contributed by atoms with van der Waals surface area (Å²) in [6.45, 7) is 8.36. The average Bonchev–Trinajstić information content (AvgIpc) is 3.09. The Kier molecular flexibility index (Phi) is 5.10. The highest BCUT2D eigenvalue weighted by Crippen LogP contribution is 2.37. The molecule has 0 unspecified atom stereocenters. The lowest BCUT2D eigenvalue weighted by Crippen LogP contribution is -2.41. The second kappa shape index (κ2) is 8.08. The maximum absolute atomic E-state index is 6.25. The first-order chi connectivity index (χ1) is 16.8. The zero-order valence-corrected chi connectivity index (χ0v) is 20.7. The van der Waals surface area contributed by atoms with Gasteiger partial charge >= 0.3 is 7.12 Å². The Balaban J connectivity index is 1.32. The highest BCUT2D eigenvalue weighted by atomic mass is 16.7. The van der Waals surface area contributed by atoms with E-state index in [0.717, 1.165) is 5.46 Å². The Hall–Kier alpha value is -3.40. The number of rotatable bonds is 3. The summed E-state index contributed by atoms with van der Waals surface area (Å²) in [4.78, 5) is 0. The Morgan fingerprint density at radius 2 is 0.943 bits per heavy atom. The van der Waals surface area contributed by atoms with Gasteiger partial charge in [0.1, 0.15) is 0 Å². The first-order valence-electron chi connectivity index (χ1n) is 12.3. The van der Waals surface area contributed by atoms with Crippen molar-refractivity contribution in [1.82, 2.24) is 0 Å². The van der Waals surface area contributed by atoms with Crippen molar-refractivity contribution >= 4 is 34.1 Å². The molecule has 0 radical (unpaired) electrons. The topological polar surface area (TPSA) is 18.5 Å². The third-order valence-electron chi connectivity index (χ3n) is 7.67. The minimum absolute atomic E-state index is 0.341. The van der Waals surface area contributed by atoms with Crippen LogP contribution in [-0.2, 0) is 9.31 Å². The molecule has 1 fully saturated rings. The predicted octanol–water partition coefficient (Wildman–Crippen LogP) is 7.63. The van der Waals surface area contributed by atoms with E-state index in [1.807, 2.05) is 0 Å². The van der Waals surface area contributed by atoms with Crippen molar-refractivity contribution in [3.05, 3.63) is 103 Å². The van der Waals surface area contributed by atoms with Crippen molar-refractivity contribution in [2.24, 2.45) is 0 Å². The van der Waals surface area contributed by atoms with Gasteiger partial charge in [-0.25, -0.2) is 0 Å². The largest absolute Gasteiger partial charge is 0.494 e. The van der Waals surface area contributed by atoms with Crippen molar-refractivity contribution in [3.8, 4) is 22.3 Å². The minimum atomic E-state index is -0.345. The molecule has 1 aliphatic heterocycles. The van der Waals surface area contributed by atoms with Gasteiger partial charge in [-0.2, -0.15) is 0 Å². The van der Waals surface area contributed by atoms with Gasteiger partial charge in [-0.15, -0.1) is 0 Å².